The van der Waals surface area contributed by atoms with Crippen LogP contribution in [0.4, 0.5) is 0 Å². The van der Waals surface area contributed by atoms with Crippen LogP contribution in [0.2, 0.25) is 0 Å². The molecule has 0 amide bonds. The van der Waals surface area contributed by atoms with Gasteiger partial charge < -0.3 is 34.8 Å². The number of hydrogen-bond donors (Lipinski definition) is 5. The highest BCUT2D eigenvalue weighted by molar-refractivity contribution is 7.58. The first-order valence-electron chi connectivity index (χ1n) is 17.4. The van der Waals surface area contributed by atoms with Gasteiger partial charge in [-0.1, -0.05) is 20.8 Å². The summed E-state index contributed by atoms with van der Waals surface area (Å²) in [6, 6.07) is 0. The number of carboxylic acids is 2. The summed E-state index contributed by atoms with van der Waals surface area (Å²) in [4.78, 5) is 56.8. The Labute approximate surface area is 277 Å². The second-order valence-corrected chi connectivity index (χ2v) is 18.0. The zero-order chi connectivity index (χ0) is 34.7. The van der Waals surface area contributed by atoms with Crippen molar-refractivity contribution in [3.63, 3.8) is 0 Å². The first kappa shape index (κ1) is 37.8. The van der Waals surface area contributed by atoms with Crippen LogP contribution in [-0.4, -0.2) is 80.5 Å². The van der Waals surface area contributed by atoms with E-state index < -0.39 is 75.2 Å². The fraction of sp³-hybridized carbons (Fsp3) is 0.882. The van der Waals surface area contributed by atoms with Crippen molar-refractivity contribution in [2.75, 3.05) is 19.1 Å². The van der Waals surface area contributed by atoms with Crippen LogP contribution in [0, 0.1) is 52.3 Å². The van der Waals surface area contributed by atoms with Crippen LogP contribution in [-0.2, 0) is 33.2 Å². The fourth-order valence-corrected chi connectivity index (χ4v) is 12.0. The van der Waals surface area contributed by atoms with Gasteiger partial charge >= 0.3 is 23.9 Å². The maximum absolute atomic E-state index is 12.5. The molecule has 4 aliphatic carbocycles. The van der Waals surface area contributed by atoms with Crippen molar-refractivity contribution < 1.29 is 58.5 Å². The van der Waals surface area contributed by atoms with Crippen molar-refractivity contribution in [1.82, 2.24) is 0 Å². The molecule has 0 heterocycles. The van der Waals surface area contributed by atoms with Gasteiger partial charge in [-0.3, -0.25) is 23.7 Å². The summed E-state index contributed by atoms with van der Waals surface area (Å²) in [7, 11) is -4.05. The molecular weight excluding hydrogens is 631 g/mol. The van der Waals surface area contributed by atoms with E-state index in [1.54, 1.807) is 0 Å². The second kappa shape index (κ2) is 15.3. The van der Waals surface area contributed by atoms with E-state index >= 15 is 0 Å². The van der Waals surface area contributed by atoms with E-state index in [0.717, 1.165) is 51.4 Å². The number of hydrogen-bond acceptors (Lipinski definition) is 9. The highest BCUT2D eigenvalue weighted by Crippen LogP contribution is 2.68. The average molecular weight is 687 g/mol. The van der Waals surface area contributed by atoms with Gasteiger partial charge in [-0.25, -0.2) is 0 Å². The van der Waals surface area contributed by atoms with E-state index in [0.29, 0.717) is 30.1 Å². The molecule has 4 rings (SSSR count). The number of aliphatic hydroxyl groups is 2. The van der Waals surface area contributed by atoms with Gasteiger partial charge in [0.15, 0.2) is 0 Å². The van der Waals surface area contributed by atoms with Gasteiger partial charge in [-0.2, -0.15) is 0 Å². The molecule has 4 saturated carbocycles. The topological polar surface area (TPSA) is 205 Å². The zero-order valence-electron chi connectivity index (χ0n) is 28.1. The minimum Gasteiger partial charge on any atom is -0.481 e. The Kier molecular flexibility index (Phi) is 12.3. The molecule has 4 aliphatic rings. The van der Waals surface area contributed by atoms with E-state index in [4.69, 9.17) is 14.6 Å². The van der Waals surface area contributed by atoms with Crippen LogP contribution >= 0.6 is 7.37 Å². The normalized spacial score (nSPS) is 37.3. The average Bonchev–Trinajstić information content (AvgIpc) is 3.36. The summed E-state index contributed by atoms with van der Waals surface area (Å²) < 4.78 is 22.4. The molecule has 0 bridgehead atoms. The standard InChI is InChI=1S/C34H55O12P/c1-20(4-11-30(39)45-19-46-31(40)13-15-47(43,44)18-21(32(41)42)5-10-29(37)38)25-8-9-26-24-7-6-22-16-23(35)12-14-33(22,2)27(24)17-28(36)34(25,26)3/h20-28,35-36H,4-19H2,1-3H3,(H,37,38)(H,41,42)(H,43,44)/t20-,21?,22-,23-,24?,25-,26?,27?,28+,33+,34-/m1/s1. The second-order valence-electron chi connectivity index (χ2n) is 15.5. The number of carboxylic acid groups (broad SMARTS) is 2. The minimum absolute atomic E-state index is 0.124. The van der Waals surface area contributed by atoms with E-state index in [2.05, 4.69) is 20.8 Å². The number of carbonyl (C=O) groups excluding carboxylic acids is 2. The van der Waals surface area contributed by atoms with Crippen LogP contribution in [0.3, 0.4) is 0 Å². The highest BCUT2D eigenvalue weighted by atomic mass is 31.2. The molecule has 0 aromatic carbocycles. The van der Waals surface area contributed by atoms with Crippen molar-refractivity contribution in [2.24, 2.45) is 52.3 Å². The summed E-state index contributed by atoms with van der Waals surface area (Å²) in [5.74, 6) is -2.87. The molecule has 0 aliphatic heterocycles. The molecule has 5 N–H and O–H groups in total. The Bertz CT molecular complexity index is 1210. The van der Waals surface area contributed by atoms with Crippen molar-refractivity contribution >= 4 is 31.2 Å². The maximum Gasteiger partial charge on any atom is 0.309 e. The molecule has 0 aromatic heterocycles. The quantitative estimate of drug-likeness (QED) is 0.0906. The minimum atomic E-state index is -4.05. The van der Waals surface area contributed by atoms with Crippen LogP contribution < -0.4 is 0 Å². The zero-order valence-corrected chi connectivity index (χ0v) is 28.9. The number of fused-ring (bicyclic) bond motifs is 5. The molecule has 4 fully saturated rings. The van der Waals surface area contributed by atoms with Crippen LogP contribution in [0.25, 0.3) is 0 Å². The molecule has 268 valence electrons. The molecule has 5 unspecified atom stereocenters. The number of aliphatic carboxylic acids is 2. The van der Waals surface area contributed by atoms with Gasteiger partial charge in [0, 0.05) is 25.2 Å². The predicted octanol–water partition coefficient (Wildman–Crippen LogP) is 4.66. The molecule has 12 nitrogen and oxygen atoms in total. The first-order chi connectivity index (χ1) is 22.0. The lowest BCUT2D eigenvalue weighted by atomic mass is 9.43. The van der Waals surface area contributed by atoms with E-state index in [9.17, 15) is 44.0 Å². The molecule has 13 heteroatoms. The van der Waals surface area contributed by atoms with Crippen LogP contribution in [0.5, 0.6) is 0 Å². The van der Waals surface area contributed by atoms with Gasteiger partial charge in [0.25, 0.3) is 0 Å². The van der Waals surface area contributed by atoms with E-state index in [1.165, 1.54) is 0 Å². The first-order valence-corrected chi connectivity index (χ1v) is 19.4. The fourth-order valence-electron chi connectivity index (χ4n) is 10.3. The molecule has 0 saturated heterocycles. The maximum atomic E-state index is 12.5. The third-order valence-electron chi connectivity index (χ3n) is 13.0. The van der Waals surface area contributed by atoms with Crippen LogP contribution in [0.15, 0.2) is 0 Å². The summed E-state index contributed by atoms with van der Waals surface area (Å²) >= 11 is 0. The lowest BCUT2D eigenvalue weighted by Crippen LogP contribution is -2.58. The molecule has 0 spiro atoms. The Hall–Kier alpha value is -2.01. The lowest BCUT2D eigenvalue weighted by Gasteiger charge is -2.62. The van der Waals surface area contributed by atoms with Gasteiger partial charge in [-0.05, 0) is 111 Å². The Morgan fingerprint density at radius 2 is 1.55 bits per heavy atom. The van der Waals surface area contributed by atoms with E-state index in [-0.39, 0.29) is 41.6 Å². The SMILES string of the molecule is C[C@H](CCC(=O)OCOC(=O)CCP(=O)(O)CC(CCC(=O)O)C(=O)O)[C@H]1CCC2C3CC[C@@H]4C[C@H](O)CC[C@]4(C)C3C[C@H](O)[C@@]21C. The molecule has 0 radical (unpaired) electrons. The lowest BCUT2D eigenvalue weighted by molar-refractivity contribution is -0.175. The molecule has 47 heavy (non-hydrogen) atoms. The van der Waals surface area contributed by atoms with Gasteiger partial charge in [0.1, 0.15) is 0 Å². The Morgan fingerprint density at radius 1 is 0.872 bits per heavy atom. The van der Waals surface area contributed by atoms with Crippen molar-refractivity contribution in [1.29, 1.82) is 0 Å². The summed E-state index contributed by atoms with van der Waals surface area (Å²) in [6.07, 6.45) is 5.59. The van der Waals surface area contributed by atoms with Gasteiger partial charge in [0.05, 0.1) is 24.5 Å². The summed E-state index contributed by atoms with van der Waals surface area (Å²) in [6.45, 7) is 6.16. The largest absolute Gasteiger partial charge is 0.481 e. The molecular formula is C34H55O12P. The Morgan fingerprint density at radius 3 is 2.21 bits per heavy atom. The summed E-state index contributed by atoms with van der Waals surface area (Å²) in [5.41, 5.74) is -0.0455. The van der Waals surface area contributed by atoms with Gasteiger partial charge in [-0.15, -0.1) is 0 Å². The molecule has 12 atom stereocenters. The van der Waals surface area contributed by atoms with Crippen molar-refractivity contribution in [3.8, 4) is 0 Å². The molecule has 0 aromatic rings. The van der Waals surface area contributed by atoms with Crippen LogP contribution in [0.1, 0.15) is 104 Å². The monoisotopic (exact) mass is 686 g/mol. The number of rotatable bonds is 15. The number of carbonyl (C=O) groups is 4. The summed E-state index contributed by atoms with van der Waals surface area (Å²) in [5, 5.41) is 40.0. The van der Waals surface area contributed by atoms with Gasteiger partial charge in [0.2, 0.25) is 14.2 Å². The number of esters is 2. The van der Waals surface area contributed by atoms with Crippen molar-refractivity contribution in [3.05, 3.63) is 0 Å². The number of aliphatic hydroxyl groups excluding tert-OH is 2. The third kappa shape index (κ3) is 8.60. The smallest absolute Gasteiger partial charge is 0.309 e. The van der Waals surface area contributed by atoms with Crippen molar-refractivity contribution in [2.45, 2.75) is 116 Å². The Balaban J connectivity index is 1.20. The predicted molar refractivity (Wildman–Crippen MR) is 170 cm³/mol. The number of ether oxygens (including phenoxy) is 2. The van der Waals surface area contributed by atoms with E-state index in [1.807, 2.05) is 0 Å². The third-order valence-corrected chi connectivity index (χ3v) is 14.9. The highest BCUT2D eigenvalue weighted by Gasteiger charge is 2.63.